The molecule has 0 rings (SSSR count). The number of aliphatic hydroxyl groups excluding tert-OH is 1. The van der Waals surface area contributed by atoms with Crippen molar-refractivity contribution in [3.63, 3.8) is 0 Å². The zero-order chi connectivity index (χ0) is 15.2. The smallest absolute Gasteiger partial charge is 0.0897 e. The molecule has 0 bridgehead atoms. The summed E-state index contributed by atoms with van der Waals surface area (Å²) >= 11 is 0. The summed E-state index contributed by atoms with van der Waals surface area (Å²) in [6.07, 6.45) is 8.32. The first-order chi connectivity index (χ1) is 9.56. The van der Waals surface area contributed by atoms with Gasteiger partial charge >= 0.3 is 0 Å². The van der Waals surface area contributed by atoms with E-state index < -0.39 is 0 Å². The molecule has 2 N–H and O–H groups in total. The van der Waals surface area contributed by atoms with Crippen LogP contribution in [0.2, 0.25) is 0 Å². The summed E-state index contributed by atoms with van der Waals surface area (Å²) < 4.78 is 5.50. The third-order valence-electron chi connectivity index (χ3n) is 3.57. The Morgan fingerprint density at radius 3 is 2.40 bits per heavy atom. The van der Waals surface area contributed by atoms with E-state index in [1.165, 1.54) is 38.5 Å². The average Bonchev–Trinajstić information content (AvgIpc) is 2.40. The van der Waals surface area contributed by atoms with E-state index in [1.54, 1.807) is 0 Å². The number of aliphatic hydroxyl groups is 1. The Hall–Kier alpha value is -0.120. The second-order valence-corrected chi connectivity index (χ2v) is 6.42. The molecule has 0 fully saturated rings. The van der Waals surface area contributed by atoms with Crippen LogP contribution in [-0.2, 0) is 4.74 Å². The summed E-state index contributed by atoms with van der Waals surface area (Å²) in [5, 5.41) is 13.2. The van der Waals surface area contributed by atoms with Crippen LogP contribution in [0.5, 0.6) is 0 Å². The highest BCUT2D eigenvalue weighted by Gasteiger charge is 2.07. The SMILES string of the molecule is CCCCCCC(C)NCC(O)COCCCC(C)C. The predicted molar refractivity (Wildman–Crippen MR) is 87.1 cm³/mol. The fourth-order valence-corrected chi connectivity index (χ4v) is 2.19. The van der Waals surface area contributed by atoms with E-state index in [9.17, 15) is 5.11 Å². The lowest BCUT2D eigenvalue weighted by atomic mass is 10.1. The van der Waals surface area contributed by atoms with Crippen molar-refractivity contribution in [2.45, 2.75) is 84.8 Å². The fraction of sp³-hybridized carbons (Fsp3) is 1.00. The number of unbranched alkanes of at least 4 members (excludes halogenated alkanes) is 3. The number of ether oxygens (including phenoxy) is 1. The minimum absolute atomic E-state index is 0.382. The van der Waals surface area contributed by atoms with Gasteiger partial charge in [-0.2, -0.15) is 0 Å². The van der Waals surface area contributed by atoms with Crippen LogP contribution in [-0.4, -0.2) is 37.0 Å². The lowest BCUT2D eigenvalue weighted by Crippen LogP contribution is -2.36. The molecule has 0 amide bonds. The number of hydrogen-bond acceptors (Lipinski definition) is 3. The maximum absolute atomic E-state index is 9.83. The van der Waals surface area contributed by atoms with Gasteiger partial charge in [-0.1, -0.05) is 46.5 Å². The van der Waals surface area contributed by atoms with E-state index in [-0.39, 0.29) is 6.10 Å². The Bertz CT molecular complexity index is 197. The zero-order valence-electron chi connectivity index (χ0n) is 14.2. The second kappa shape index (κ2) is 13.8. The van der Waals surface area contributed by atoms with Crippen LogP contribution in [0.4, 0.5) is 0 Å². The molecule has 0 radical (unpaired) electrons. The quantitative estimate of drug-likeness (QED) is 0.478. The van der Waals surface area contributed by atoms with Crippen LogP contribution in [0.1, 0.15) is 72.6 Å². The molecule has 0 aliphatic heterocycles. The van der Waals surface area contributed by atoms with Crippen molar-refractivity contribution in [1.82, 2.24) is 5.32 Å². The van der Waals surface area contributed by atoms with Gasteiger partial charge in [0.15, 0.2) is 0 Å². The first-order valence-corrected chi connectivity index (χ1v) is 8.55. The molecule has 0 aromatic carbocycles. The lowest BCUT2D eigenvalue weighted by molar-refractivity contribution is 0.0336. The van der Waals surface area contributed by atoms with Crippen molar-refractivity contribution in [1.29, 1.82) is 0 Å². The molecule has 3 heteroatoms. The average molecular weight is 287 g/mol. The molecule has 20 heavy (non-hydrogen) atoms. The topological polar surface area (TPSA) is 41.5 Å². The van der Waals surface area contributed by atoms with E-state index >= 15 is 0 Å². The first-order valence-electron chi connectivity index (χ1n) is 8.55. The molecule has 0 aromatic heterocycles. The standard InChI is InChI=1S/C17H37NO2/c1-5-6-7-8-11-16(4)18-13-17(19)14-20-12-9-10-15(2)3/h15-19H,5-14H2,1-4H3. The first kappa shape index (κ1) is 19.9. The third-order valence-corrected chi connectivity index (χ3v) is 3.57. The van der Waals surface area contributed by atoms with Crippen molar-refractivity contribution in [2.75, 3.05) is 19.8 Å². The van der Waals surface area contributed by atoms with Gasteiger partial charge in [-0.25, -0.2) is 0 Å². The zero-order valence-corrected chi connectivity index (χ0v) is 14.2. The third kappa shape index (κ3) is 14.3. The van der Waals surface area contributed by atoms with Crippen LogP contribution in [0.15, 0.2) is 0 Å². The van der Waals surface area contributed by atoms with E-state index in [0.717, 1.165) is 18.9 Å². The van der Waals surface area contributed by atoms with Crippen molar-refractivity contribution in [3.05, 3.63) is 0 Å². The maximum Gasteiger partial charge on any atom is 0.0897 e. The Kier molecular flexibility index (Phi) is 13.8. The molecular weight excluding hydrogens is 250 g/mol. The van der Waals surface area contributed by atoms with Crippen molar-refractivity contribution >= 4 is 0 Å². The van der Waals surface area contributed by atoms with E-state index in [2.05, 4.69) is 33.0 Å². The van der Waals surface area contributed by atoms with Crippen LogP contribution in [0.25, 0.3) is 0 Å². The maximum atomic E-state index is 9.83. The minimum Gasteiger partial charge on any atom is -0.389 e. The normalized spacial score (nSPS) is 14.7. The van der Waals surface area contributed by atoms with Gasteiger partial charge < -0.3 is 15.2 Å². The molecule has 0 spiro atoms. The lowest BCUT2D eigenvalue weighted by Gasteiger charge is -2.17. The van der Waals surface area contributed by atoms with Gasteiger partial charge in [-0.15, -0.1) is 0 Å². The molecule has 122 valence electrons. The highest BCUT2D eigenvalue weighted by molar-refractivity contribution is 4.65. The fourth-order valence-electron chi connectivity index (χ4n) is 2.19. The molecule has 0 aromatic rings. The monoisotopic (exact) mass is 287 g/mol. The van der Waals surface area contributed by atoms with Crippen LogP contribution < -0.4 is 5.32 Å². The molecule has 0 aliphatic carbocycles. The summed E-state index contributed by atoms with van der Waals surface area (Å²) in [4.78, 5) is 0. The largest absolute Gasteiger partial charge is 0.389 e. The minimum atomic E-state index is -0.382. The molecule has 3 nitrogen and oxygen atoms in total. The van der Waals surface area contributed by atoms with Gasteiger partial charge in [0.25, 0.3) is 0 Å². The van der Waals surface area contributed by atoms with Crippen molar-refractivity contribution in [2.24, 2.45) is 5.92 Å². The summed E-state index contributed by atoms with van der Waals surface area (Å²) in [6.45, 7) is 10.7. The molecular formula is C17H37NO2. The number of hydrogen-bond donors (Lipinski definition) is 2. The Morgan fingerprint density at radius 2 is 1.75 bits per heavy atom. The molecule has 2 atom stereocenters. The van der Waals surface area contributed by atoms with Crippen LogP contribution >= 0.6 is 0 Å². The highest BCUT2D eigenvalue weighted by Crippen LogP contribution is 2.05. The summed E-state index contributed by atoms with van der Waals surface area (Å²) in [5.41, 5.74) is 0. The molecule has 0 heterocycles. The van der Waals surface area contributed by atoms with Gasteiger partial charge in [0.1, 0.15) is 0 Å². The Balaban J connectivity index is 3.36. The summed E-state index contributed by atoms with van der Waals surface area (Å²) in [6, 6.07) is 0.488. The molecule has 0 saturated carbocycles. The molecule has 2 unspecified atom stereocenters. The van der Waals surface area contributed by atoms with Gasteiger partial charge in [0.2, 0.25) is 0 Å². The predicted octanol–water partition coefficient (Wildman–Crippen LogP) is 3.75. The van der Waals surface area contributed by atoms with Crippen molar-refractivity contribution < 1.29 is 9.84 Å². The summed E-state index contributed by atoms with van der Waals surface area (Å²) in [7, 11) is 0. The van der Waals surface area contributed by atoms with Crippen LogP contribution in [0.3, 0.4) is 0 Å². The molecule has 0 aliphatic rings. The Labute approximate surface area is 126 Å². The van der Waals surface area contributed by atoms with Gasteiger partial charge in [-0.05, 0) is 32.1 Å². The number of nitrogens with one attached hydrogen (secondary N) is 1. The highest BCUT2D eigenvalue weighted by atomic mass is 16.5. The van der Waals surface area contributed by atoms with E-state index in [4.69, 9.17) is 4.74 Å². The van der Waals surface area contributed by atoms with Gasteiger partial charge in [0, 0.05) is 19.2 Å². The van der Waals surface area contributed by atoms with Crippen molar-refractivity contribution in [3.8, 4) is 0 Å². The van der Waals surface area contributed by atoms with E-state index in [0.29, 0.717) is 19.2 Å². The summed E-state index contributed by atoms with van der Waals surface area (Å²) in [5.74, 6) is 0.735. The van der Waals surface area contributed by atoms with E-state index in [1.807, 2.05) is 0 Å². The van der Waals surface area contributed by atoms with Crippen LogP contribution in [0, 0.1) is 5.92 Å². The number of rotatable bonds is 14. The second-order valence-electron chi connectivity index (χ2n) is 6.42. The molecule has 0 saturated heterocycles. The Morgan fingerprint density at radius 1 is 1.00 bits per heavy atom. The van der Waals surface area contributed by atoms with Gasteiger partial charge in [-0.3, -0.25) is 0 Å². The van der Waals surface area contributed by atoms with Gasteiger partial charge in [0.05, 0.1) is 12.7 Å².